The van der Waals surface area contributed by atoms with E-state index in [0.29, 0.717) is 5.69 Å². The molecule has 0 atom stereocenters. The Balaban J connectivity index is 3.18. The Morgan fingerprint density at radius 1 is 1.40 bits per heavy atom. The minimum atomic E-state index is 0.387. The van der Waals surface area contributed by atoms with Gasteiger partial charge in [-0.1, -0.05) is 6.07 Å². The third-order valence-corrected chi connectivity index (χ3v) is 1.23. The SMILES string of the molecule is Cc1[c]c(N=O)cc(C)c1. The highest BCUT2D eigenvalue weighted by molar-refractivity contribution is 5.41. The first-order valence-electron chi connectivity index (χ1n) is 3.06. The van der Waals surface area contributed by atoms with Gasteiger partial charge in [-0.25, -0.2) is 0 Å². The van der Waals surface area contributed by atoms with Crippen LogP contribution in [-0.4, -0.2) is 0 Å². The minimum Gasteiger partial charge on any atom is -0.145 e. The molecule has 0 aliphatic heterocycles. The molecule has 0 aliphatic rings. The molecule has 2 heteroatoms. The Labute approximate surface area is 59.9 Å². The lowest BCUT2D eigenvalue weighted by Gasteiger charge is -1.94. The first-order chi connectivity index (χ1) is 4.72. The first-order valence-corrected chi connectivity index (χ1v) is 3.06. The van der Waals surface area contributed by atoms with Crippen LogP contribution in [0.4, 0.5) is 5.69 Å². The molecule has 51 valence electrons. The van der Waals surface area contributed by atoms with Gasteiger partial charge in [0.25, 0.3) is 0 Å². The lowest BCUT2D eigenvalue weighted by Crippen LogP contribution is -1.75. The Morgan fingerprint density at radius 2 is 2.10 bits per heavy atom. The monoisotopic (exact) mass is 134 g/mol. The summed E-state index contributed by atoms with van der Waals surface area (Å²) in [6.07, 6.45) is 0. The van der Waals surface area contributed by atoms with Crippen LogP contribution in [0.15, 0.2) is 17.3 Å². The van der Waals surface area contributed by atoms with Gasteiger partial charge in [-0.2, -0.15) is 0 Å². The molecule has 0 saturated carbocycles. The van der Waals surface area contributed by atoms with Gasteiger partial charge in [0.15, 0.2) is 0 Å². The van der Waals surface area contributed by atoms with Gasteiger partial charge in [0.1, 0.15) is 5.69 Å². The number of hydrogen-bond donors (Lipinski definition) is 0. The molecule has 0 amide bonds. The number of benzene rings is 1. The summed E-state index contributed by atoms with van der Waals surface area (Å²) in [6.45, 7) is 3.82. The molecule has 0 N–H and O–H groups in total. The maximum absolute atomic E-state index is 10.0. The van der Waals surface area contributed by atoms with Crippen LogP contribution < -0.4 is 0 Å². The summed E-state index contributed by atoms with van der Waals surface area (Å²) >= 11 is 0. The molecule has 0 unspecified atom stereocenters. The van der Waals surface area contributed by atoms with Gasteiger partial charge in [0, 0.05) is 6.07 Å². The molecule has 1 radical (unpaired) electrons. The second-order valence-corrected chi connectivity index (χ2v) is 2.32. The van der Waals surface area contributed by atoms with Gasteiger partial charge < -0.3 is 0 Å². The largest absolute Gasteiger partial charge is 0.145 e. The Hall–Kier alpha value is -1.18. The summed E-state index contributed by atoms with van der Waals surface area (Å²) in [7, 11) is 0. The van der Waals surface area contributed by atoms with Crippen molar-refractivity contribution in [1.82, 2.24) is 0 Å². The van der Waals surface area contributed by atoms with E-state index in [-0.39, 0.29) is 0 Å². The van der Waals surface area contributed by atoms with Crippen molar-refractivity contribution < 1.29 is 0 Å². The first kappa shape index (κ1) is 6.93. The topological polar surface area (TPSA) is 29.4 Å². The highest BCUT2D eigenvalue weighted by Crippen LogP contribution is 2.14. The predicted molar refractivity (Wildman–Crippen MR) is 40.2 cm³/mol. The van der Waals surface area contributed by atoms with Gasteiger partial charge in [0.2, 0.25) is 0 Å². The van der Waals surface area contributed by atoms with E-state index in [1.165, 1.54) is 0 Å². The molecular weight excluding hydrogens is 126 g/mol. The molecule has 1 aromatic carbocycles. The molecule has 0 aromatic heterocycles. The zero-order valence-electron chi connectivity index (χ0n) is 6.01. The predicted octanol–water partition coefficient (Wildman–Crippen LogP) is 2.50. The summed E-state index contributed by atoms with van der Waals surface area (Å²) in [5.74, 6) is 0. The lowest BCUT2D eigenvalue weighted by molar-refractivity contribution is 1.34. The minimum absolute atomic E-state index is 0.387. The number of nitrogens with zero attached hydrogens (tertiary/aromatic N) is 1. The lowest BCUT2D eigenvalue weighted by atomic mass is 10.1. The van der Waals surface area contributed by atoms with Crippen LogP contribution in [0.5, 0.6) is 0 Å². The van der Waals surface area contributed by atoms with Crippen molar-refractivity contribution in [1.29, 1.82) is 0 Å². The number of aryl methyl sites for hydroxylation is 2. The van der Waals surface area contributed by atoms with Crippen LogP contribution in [0.25, 0.3) is 0 Å². The van der Waals surface area contributed by atoms with Crippen molar-refractivity contribution in [2.24, 2.45) is 5.18 Å². The summed E-state index contributed by atoms with van der Waals surface area (Å²) in [5.41, 5.74) is 2.39. The average molecular weight is 134 g/mol. The van der Waals surface area contributed by atoms with E-state index in [9.17, 15) is 4.91 Å². The smallest absolute Gasteiger partial charge is 0.116 e. The maximum atomic E-state index is 10.0. The molecule has 0 fully saturated rings. The van der Waals surface area contributed by atoms with Crippen molar-refractivity contribution in [2.45, 2.75) is 13.8 Å². The Kier molecular flexibility index (Phi) is 1.81. The van der Waals surface area contributed by atoms with Crippen LogP contribution in [0.2, 0.25) is 0 Å². The molecule has 0 aliphatic carbocycles. The van der Waals surface area contributed by atoms with E-state index in [1.54, 1.807) is 6.07 Å². The van der Waals surface area contributed by atoms with E-state index >= 15 is 0 Å². The second-order valence-electron chi connectivity index (χ2n) is 2.32. The fourth-order valence-electron chi connectivity index (χ4n) is 0.922. The van der Waals surface area contributed by atoms with E-state index in [2.05, 4.69) is 11.2 Å². The second kappa shape index (κ2) is 2.60. The Bertz CT molecular complexity index is 235. The fraction of sp³-hybridized carbons (Fsp3) is 0.250. The van der Waals surface area contributed by atoms with Crippen molar-refractivity contribution in [3.05, 3.63) is 34.2 Å². The fourth-order valence-corrected chi connectivity index (χ4v) is 0.922. The summed E-state index contributed by atoms with van der Waals surface area (Å²) in [4.78, 5) is 10.0. The van der Waals surface area contributed by atoms with Crippen molar-refractivity contribution in [2.75, 3.05) is 0 Å². The molecule has 1 rings (SSSR count). The van der Waals surface area contributed by atoms with E-state index in [1.807, 2.05) is 19.9 Å². The third-order valence-electron chi connectivity index (χ3n) is 1.23. The number of hydrogen-bond acceptors (Lipinski definition) is 2. The summed E-state index contributed by atoms with van der Waals surface area (Å²) in [5, 5.41) is 2.79. The highest BCUT2D eigenvalue weighted by Gasteiger charge is 1.93. The van der Waals surface area contributed by atoms with E-state index < -0.39 is 0 Å². The quantitative estimate of drug-likeness (QED) is 0.542. The molecule has 2 nitrogen and oxygen atoms in total. The molecule has 10 heavy (non-hydrogen) atoms. The zero-order chi connectivity index (χ0) is 7.56. The molecule has 1 aromatic rings. The van der Waals surface area contributed by atoms with Gasteiger partial charge in [-0.15, -0.1) is 4.91 Å². The van der Waals surface area contributed by atoms with Crippen LogP contribution in [-0.2, 0) is 0 Å². The van der Waals surface area contributed by atoms with Crippen LogP contribution in [0.3, 0.4) is 0 Å². The zero-order valence-corrected chi connectivity index (χ0v) is 6.01. The molecular formula is C8H8NO. The molecule has 0 heterocycles. The highest BCUT2D eigenvalue weighted by atomic mass is 16.3. The van der Waals surface area contributed by atoms with Gasteiger partial charge in [0.05, 0.1) is 0 Å². The average Bonchev–Trinajstić information content (AvgIpc) is 1.85. The van der Waals surface area contributed by atoms with E-state index in [4.69, 9.17) is 0 Å². The maximum Gasteiger partial charge on any atom is 0.116 e. The summed E-state index contributed by atoms with van der Waals surface area (Å²) in [6, 6.07) is 6.48. The molecule has 0 saturated heterocycles. The van der Waals surface area contributed by atoms with E-state index in [0.717, 1.165) is 11.1 Å². The van der Waals surface area contributed by atoms with Crippen LogP contribution in [0.1, 0.15) is 11.1 Å². The van der Waals surface area contributed by atoms with Crippen molar-refractivity contribution >= 4 is 5.69 Å². The number of nitroso groups, excluding NO2 is 1. The van der Waals surface area contributed by atoms with Crippen LogP contribution in [0, 0.1) is 24.8 Å². The standard InChI is InChI=1S/C8H8NO/c1-6-3-7(2)5-8(4-6)9-10/h3-4H,1-2H3. The van der Waals surface area contributed by atoms with Gasteiger partial charge in [-0.3, -0.25) is 0 Å². The number of rotatable bonds is 1. The normalized spacial score (nSPS) is 9.40. The molecule has 0 bridgehead atoms. The van der Waals surface area contributed by atoms with Gasteiger partial charge >= 0.3 is 0 Å². The third kappa shape index (κ3) is 1.41. The van der Waals surface area contributed by atoms with Crippen LogP contribution >= 0.6 is 0 Å². The van der Waals surface area contributed by atoms with Crippen molar-refractivity contribution in [3.63, 3.8) is 0 Å². The summed E-state index contributed by atoms with van der Waals surface area (Å²) < 4.78 is 0. The van der Waals surface area contributed by atoms with Crippen molar-refractivity contribution in [3.8, 4) is 0 Å². The molecule has 0 spiro atoms. The van der Waals surface area contributed by atoms with Gasteiger partial charge in [-0.05, 0) is 36.2 Å². The Morgan fingerprint density at radius 3 is 2.60 bits per heavy atom.